The van der Waals surface area contributed by atoms with E-state index in [4.69, 9.17) is 9.72 Å². The molecule has 3 aromatic carbocycles. The Kier molecular flexibility index (Phi) is 5.17. The lowest BCUT2D eigenvalue weighted by atomic mass is 10.0. The van der Waals surface area contributed by atoms with Gasteiger partial charge in [-0.3, -0.25) is 4.79 Å². The number of benzene rings is 3. The van der Waals surface area contributed by atoms with E-state index in [2.05, 4.69) is 10.4 Å². The van der Waals surface area contributed by atoms with Crippen molar-refractivity contribution in [2.24, 2.45) is 0 Å². The molecule has 0 atom stereocenters. The van der Waals surface area contributed by atoms with Gasteiger partial charge in [0.25, 0.3) is 5.91 Å². The van der Waals surface area contributed by atoms with Gasteiger partial charge in [-0.05, 0) is 48.0 Å². The molecule has 1 amide bonds. The van der Waals surface area contributed by atoms with E-state index < -0.39 is 0 Å². The number of carbonyl (C=O) groups excluding carboxylic acids is 1. The molecule has 0 aliphatic rings. The summed E-state index contributed by atoms with van der Waals surface area (Å²) in [6.07, 6.45) is 0. The van der Waals surface area contributed by atoms with Gasteiger partial charge in [-0.25, -0.2) is 4.98 Å². The molecule has 7 heteroatoms. The topological polar surface area (TPSA) is 69.0 Å². The van der Waals surface area contributed by atoms with Crippen molar-refractivity contribution in [2.75, 3.05) is 12.4 Å². The Morgan fingerprint density at radius 3 is 2.62 bits per heavy atom. The molecule has 0 unspecified atom stereocenters. The highest BCUT2D eigenvalue weighted by atomic mass is 32.1. The average Bonchev–Trinajstić information content (AvgIpc) is 3.45. The van der Waals surface area contributed by atoms with Crippen LogP contribution in [0.1, 0.15) is 16.1 Å². The third kappa shape index (κ3) is 3.74. The van der Waals surface area contributed by atoms with E-state index in [0.717, 1.165) is 33.5 Å². The van der Waals surface area contributed by atoms with Crippen LogP contribution in [0.5, 0.6) is 5.75 Å². The number of nitrogens with one attached hydrogen (secondary N) is 1. The van der Waals surface area contributed by atoms with Crippen molar-refractivity contribution in [3.05, 3.63) is 89.4 Å². The Labute approximate surface area is 189 Å². The average molecular weight is 441 g/mol. The number of aryl methyl sites for hydroxylation is 1. The van der Waals surface area contributed by atoms with Crippen LogP contribution in [0.4, 0.5) is 5.82 Å². The normalized spacial score (nSPS) is 10.9. The molecule has 0 fully saturated rings. The molecule has 0 saturated carbocycles. The first-order valence-corrected chi connectivity index (χ1v) is 11.0. The molecular weight excluding hydrogens is 420 g/mol. The summed E-state index contributed by atoms with van der Waals surface area (Å²) >= 11 is 1.47. The minimum Gasteiger partial charge on any atom is -0.497 e. The largest absolute Gasteiger partial charge is 0.497 e. The predicted molar refractivity (Wildman–Crippen MR) is 128 cm³/mol. The summed E-state index contributed by atoms with van der Waals surface area (Å²) in [7, 11) is 1.64. The van der Waals surface area contributed by atoms with Crippen LogP contribution >= 0.6 is 11.3 Å². The van der Waals surface area contributed by atoms with Crippen LogP contribution in [-0.2, 0) is 0 Å². The zero-order chi connectivity index (χ0) is 22.1. The number of thiazole rings is 1. The van der Waals surface area contributed by atoms with Crippen LogP contribution in [-0.4, -0.2) is 27.8 Å². The summed E-state index contributed by atoms with van der Waals surface area (Å²) in [6.45, 7) is 1.89. The minimum absolute atomic E-state index is 0.185. The summed E-state index contributed by atoms with van der Waals surface area (Å²) in [5, 5.41) is 12.2. The van der Waals surface area contributed by atoms with E-state index in [0.29, 0.717) is 16.5 Å². The van der Waals surface area contributed by atoms with Crippen molar-refractivity contribution < 1.29 is 9.53 Å². The number of aromatic nitrogens is 3. The van der Waals surface area contributed by atoms with Gasteiger partial charge in [0.15, 0.2) is 0 Å². The van der Waals surface area contributed by atoms with Crippen LogP contribution in [0.3, 0.4) is 0 Å². The highest BCUT2D eigenvalue weighted by Crippen LogP contribution is 2.28. The maximum Gasteiger partial charge on any atom is 0.257 e. The van der Waals surface area contributed by atoms with Gasteiger partial charge in [0.1, 0.15) is 11.6 Å². The van der Waals surface area contributed by atoms with Crippen molar-refractivity contribution in [1.82, 2.24) is 14.8 Å². The lowest BCUT2D eigenvalue weighted by molar-refractivity contribution is 0.102. The number of methoxy groups -OCH3 is 1. The number of hydrogen-bond donors (Lipinski definition) is 1. The summed E-state index contributed by atoms with van der Waals surface area (Å²) in [5.74, 6) is 1.19. The Hall–Kier alpha value is -3.97. The first kappa shape index (κ1) is 20.0. The number of ether oxygens (including phenoxy) is 1. The summed E-state index contributed by atoms with van der Waals surface area (Å²) in [4.78, 5) is 17.9. The summed E-state index contributed by atoms with van der Waals surface area (Å²) < 4.78 is 6.90. The van der Waals surface area contributed by atoms with E-state index in [9.17, 15) is 4.79 Å². The van der Waals surface area contributed by atoms with Crippen LogP contribution in [0.25, 0.3) is 27.2 Å². The van der Waals surface area contributed by atoms with E-state index in [-0.39, 0.29) is 5.91 Å². The number of nitrogens with zero attached hydrogens (tertiary/aromatic N) is 3. The Morgan fingerprint density at radius 1 is 1.03 bits per heavy atom. The molecule has 0 radical (unpaired) electrons. The zero-order valence-electron chi connectivity index (χ0n) is 17.6. The van der Waals surface area contributed by atoms with Crippen molar-refractivity contribution in [3.63, 3.8) is 0 Å². The quantitative estimate of drug-likeness (QED) is 0.380. The van der Waals surface area contributed by atoms with Gasteiger partial charge in [0.2, 0.25) is 5.13 Å². The molecule has 6 nitrogen and oxygen atoms in total. The van der Waals surface area contributed by atoms with Crippen LogP contribution in [0, 0.1) is 6.92 Å². The molecule has 5 aromatic rings. The highest BCUT2D eigenvalue weighted by molar-refractivity contribution is 7.12. The van der Waals surface area contributed by atoms with Crippen LogP contribution < -0.4 is 10.1 Å². The fraction of sp³-hybridized carbons (Fsp3) is 0.0800. The van der Waals surface area contributed by atoms with Crippen molar-refractivity contribution in [2.45, 2.75) is 6.92 Å². The lowest BCUT2D eigenvalue weighted by Crippen LogP contribution is -2.15. The summed E-state index contributed by atoms with van der Waals surface area (Å²) in [5.41, 5.74) is 3.23. The number of carbonyl (C=O) groups is 1. The van der Waals surface area contributed by atoms with Gasteiger partial charge in [-0.1, -0.05) is 36.4 Å². The Balaban J connectivity index is 1.45. The fourth-order valence-electron chi connectivity index (χ4n) is 3.60. The number of rotatable bonds is 5. The number of fused-ring (bicyclic) bond motifs is 1. The SMILES string of the molecule is COc1ccc(-c2csc(-n3nc(C)cc3NC(=O)c3cccc4ccccc34)n2)cc1. The second-order valence-corrected chi connectivity index (χ2v) is 8.14. The maximum absolute atomic E-state index is 13.1. The van der Waals surface area contributed by atoms with Crippen LogP contribution in [0.15, 0.2) is 78.2 Å². The minimum atomic E-state index is -0.185. The molecule has 158 valence electrons. The molecule has 5 rings (SSSR count). The smallest absolute Gasteiger partial charge is 0.257 e. The second-order valence-electron chi connectivity index (χ2n) is 7.31. The van der Waals surface area contributed by atoms with Crippen molar-refractivity contribution >= 4 is 33.8 Å². The van der Waals surface area contributed by atoms with Gasteiger partial charge in [-0.15, -0.1) is 11.3 Å². The number of hydrogen-bond acceptors (Lipinski definition) is 5. The zero-order valence-corrected chi connectivity index (χ0v) is 18.4. The standard InChI is InChI=1S/C25H20N4O2S/c1-16-14-23(27-24(30)21-9-5-7-17-6-3-4-8-20(17)21)29(28-16)25-26-22(15-32-25)18-10-12-19(31-2)13-11-18/h3-15H,1-2H3,(H,27,30). The van der Waals surface area contributed by atoms with Gasteiger partial charge in [0.05, 0.1) is 18.5 Å². The first-order valence-electron chi connectivity index (χ1n) is 10.1. The maximum atomic E-state index is 13.1. The Bertz CT molecular complexity index is 1410. The number of amides is 1. The number of anilines is 1. The molecule has 0 aliphatic carbocycles. The van der Waals surface area contributed by atoms with Gasteiger partial charge in [0, 0.05) is 22.6 Å². The monoisotopic (exact) mass is 440 g/mol. The molecule has 2 heterocycles. The fourth-order valence-corrected chi connectivity index (χ4v) is 4.39. The Morgan fingerprint density at radius 2 is 1.81 bits per heavy atom. The van der Waals surface area contributed by atoms with Gasteiger partial charge in [-0.2, -0.15) is 9.78 Å². The van der Waals surface area contributed by atoms with Crippen molar-refractivity contribution in [1.29, 1.82) is 0 Å². The van der Waals surface area contributed by atoms with E-state index in [1.165, 1.54) is 11.3 Å². The second kappa shape index (κ2) is 8.28. The summed E-state index contributed by atoms with van der Waals surface area (Å²) in [6, 6.07) is 23.2. The van der Waals surface area contributed by atoms with E-state index in [1.807, 2.05) is 85.1 Å². The molecule has 0 spiro atoms. The molecule has 32 heavy (non-hydrogen) atoms. The highest BCUT2D eigenvalue weighted by Gasteiger charge is 2.16. The molecular formula is C25H20N4O2S. The van der Waals surface area contributed by atoms with Gasteiger partial charge >= 0.3 is 0 Å². The first-order chi connectivity index (χ1) is 15.6. The predicted octanol–water partition coefficient (Wildman–Crippen LogP) is 5.72. The molecule has 0 bridgehead atoms. The molecule has 0 saturated heterocycles. The van der Waals surface area contributed by atoms with Gasteiger partial charge < -0.3 is 10.1 Å². The molecule has 2 aromatic heterocycles. The van der Waals surface area contributed by atoms with Crippen LogP contribution in [0.2, 0.25) is 0 Å². The van der Waals surface area contributed by atoms with E-state index in [1.54, 1.807) is 11.8 Å². The third-order valence-corrected chi connectivity index (χ3v) is 5.98. The van der Waals surface area contributed by atoms with Crippen molar-refractivity contribution in [3.8, 4) is 22.1 Å². The lowest BCUT2D eigenvalue weighted by Gasteiger charge is -2.09. The van der Waals surface area contributed by atoms with E-state index >= 15 is 0 Å². The molecule has 1 N–H and O–H groups in total. The third-order valence-electron chi connectivity index (χ3n) is 5.17. The molecule has 0 aliphatic heterocycles.